The first kappa shape index (κ1) is 20.3. The van der Waals surface area contributed by atoms with Gasteiger partial charge < -0.3 is 5.32 Å². The number of piperidine rings is 1. The van der Waals surface area contributed by atoms with E-state index in [4.69, 9.17) is 11.6 Å². The Morgan fingerprint density at radius 2 is 1.89 bits per heavy atom. The second-order valence-corrected chi connectivity index (χ2v) is 10.7. The number of nitrogens with zero attached hydrogens (tertiary/aromatic N) is 1. The highest BCUT2D eigenvalue weighted by Gasteiger charge is 2.34. The van der Waals surface area contributed by atoms with Crippen molar-refractivity contribution >= 4 is 38.9 Å². The van der Waals surface area contributed by atoms with Crippen molar-refractivity contribution in [1.29, 1.82) is 0 Å². The van der Waals surface area contributed by atoms with Gasteiger partial charge in [-0.05, 0) is 36.5 Å². The van der Waals surface area contributed by atoms with E-state index in [0.717, 1.165) is 16.9 Å². The Labute approximate surface area is 169 Å². The van der Waals surface area contributed by atoms with E-state index in [1.54, 1.807) is 12.1 Å². The molecular weight excluding hydrogens is 404 g/mol. The Balaban J connectivity index is 1.53. The quantitative estimate of drug-likeness (QED) is 0.764. The molecule has 0 radical (unpaired) electrons. The van der Waals surface area contributed by atoms with Crippen molar-refractivity contribution in [2.24, 2.45) is 11.8 Å². The van der Waals surface area contributed by atoms with Gasteiger partial charge in [-0.3, -0.25) is 4.79 Å². The van der Waals surface area contributed by atoms with Gasteiger partial charge in [-0.15, -0.1) is 11.3 Å². The second kappa shape index (κ2) is 8.73. The van der Waals surface area contributed by atoms with Crippen LogP contribution in [0.2, 0.25) is 4.34 Å². The molecule has 1 aliphatic rings. The second-order valence-electron chi connectivity index (χ2n) is 6.79. The zero-order valence-electron chi connectivity index (χ0n) is 15.1. The molecule has 0 spiro atoms. The molecule has 5 nitrogen and oxygen atoms in total. The summed E-state index contributed by atoms with van der Waals surface area (Å²) in [5.41, 5.74) is 1.06. The standard InChI is InChI=1S/C19H23ClN2O3S2/c1-14(19(23)21-13-15-5-3-2-4-6-15)16-9-11-22(12-10-16)27(24,25)18-8-7-17(20)26-18/h2-8,14,16H,9-13H2,1H3,(H,21,23)/t14-/m0/s1. The number of sulfonamides is 1. The van der Waals surface area contributed by atoms with Gasteiger partial charge in [0.05, 0.1) is 4.34 Å². The number of hydrogen-bond acceptors (Lipinski definition) is 4. The summed E-state index contributed by atoms with van der Waals surface area (Å²) in [5.74, 6) is 0.0547. The molecule has 1 N–H and O–H groups in total. The summed E-state index contributed by atoms with van der Waals surface area (Å²) in [6.45, 7) is 3.29. The van der Waals surface area contributed by atoms with Crippen LogP contribution in [0.5, 0.6) is 0 Å². The lowest BCUT2D eigenvalue weighted by Gasteiger charge is -2.33. The first-order valence-electron chi connectivity index (χ1n) is 8.95. The molecule has 0 saturated carbocycles. The van der Waals surface area contributed by atoms with Crippen LogP contribution in [0.4, 0.5) is 0 Å². The van der Waals surface area contributed by atoms with Gasteiger partial charge in [0, 0.05) is 25.6 Å². The fourth-order valence-corrected chi connectivity index (χ4v) is 6.45. The van der Waals surface area contributed by atoms with Gasteiger partial charge in [-0.2, -0.15) is 4.31 Å². The van der Waals surface area contributed by atoms with E-state index >= 15 is 0 Å². The van der Waals surface area contributed by atoms with E-state index < -0.39 is 10.0 Å². The predicted octanol–water partition coefficient (Wildman–Crippen LogP) is 3.75. The number of hydrogen-bond donors (Lipinski definition) is 1. The molecule has 1 aromatic heterocycles. The monoisotopic (exact) mass is 426 g/mol. The molecule has 1 saturated heterocycles. The molecular formula is C19H23ClN2O3S2. The molecule has 0 aliphatic carbocycles. The highest BCUT2D eigenvalue weighted by Crippen LogP contribution is 2.32. The summed E-state index contributed by atoms with van der Waals surface area (Å²) in [6, 6.07) is 12.9. The lowest BCUT2D eigenvalue weighted by molar-refractivity contribution is -0.126. The molecule has 0 unspecified atom stereocenters. The van der Waals surface area contributed by atoms with E-state index in [1.807, 2.05) is 37.3 Å². The number of amides is 1. The first-order chi connectivity index (χ1) is 12.9. The number of carbonyl (C=O) groups excluding carboxylic acids is 1. The zero-order chi connectivity index (χ0) is 19.4. The van der Waals surface area contributed by atoms with Gasteiger partial charge in [-0.25, -0.2) is 8.42 Å². The number of nitrogens with one attached hydrogen (secondary N) is 1. The van der Waals surface area contributed by atoms with Gasteiger partial charge in [-0.1, -0.05) is 48.9 Å². The lowest BCUT2D eigenvalue weighted by Crippen LogP contribution is -2.42. The van der Waals surface area contributed by atoms with Crippen LogP contribution < -0.4 is 5.32 Å². The third-order valence-electron chi connectivity index (χ3n) is 5.07. The summed E-state index contributed by atoms with van der Waals surface area (Å²) in [7, 11) is -3.49. The third-order valence-corrected chi connectivity index (χ3v) is 8.67. The maximum absolute atomic E-state index is 12.7. The van der Waals surface area contributed by atoms with Gasteiger partial charge in [0.1, 0.15) is 4.21 Å². The molecule has 2 heterocycles. The molecule has 27 heavy (non-hydrogen) atoms. The van der Waals surface area contributed by atoms with E-state index in [9.17, 15) is 13.2 Å². The maximum atomic E-state index is 12.7. The van der Waals surface area contributed by atoms with Gasteiger partial charge in [0.25, 0.3) is 10.0 Å². The van der Waals surface area contributed by atoms with Crippen LogP contribution >= 0.6 is 22.9 Å². The van der Waals surface area contributed by atoms with Gasteiger partial charge in [0.15, 0.2) is 0 Å². The van der Waals surface area contributed by atoms with Gasteiger partial charge >= 0.3 is 0 Å². The summed E-state index contributed by atoms with van der Waals surface area (Å²) in [4.78, 5) is 12.5. The third kappa shape index (κ3) is 4.90. The predicted molar refractivity (Wildman–Crippen MR) is 108 cm³/mol. The zero-order valence-corrected chi connectivity index (χ0v) is 17.5. The highest BCUT2D eigenvalue weighted by atomic mass is 35.5. The minimum Gasteiger partial charge on any atom is -0.352 e. The van der Waals surface area contributed by atoms with Crippen LogP contribution in [-0.4, -0.2) is 31.7 Å². The molecule has 146 valence electrons. The number of benzene rings is 1. The topological polar surface area (TPSA) is 66.5 Å². The molecule has 1 aliphatic heterocycles. The normalized spacial score (nSPS) is 17.6. The minimum absolute atomic E-state index is 0.0187. The number of rotatable bonds is 6. The van der Waals surface area contributed by atoms with Crippen LogP contribution in [0.15, 0.2) is 46.7 Å². The Morgan fingerprint density at radius 1 is 1.22 bits per heavy atom. The molecule has 1 amide bonds. The van der Waals surface area contributed by atoms with Crippen LogP contribution in [0.3, 0.4) is 0 Å². The number of carbonyl (C=O) groups is 1. The summed E-state index contributed by atoms with van der Waals surface area (Å²) in [5, 5.41) is 2.98. The summed E-state index contributed by atoms with van der Waals surface area (Å²) in [6.07, 6.45) is 1.36. The minimum atomic E-state index is -3.49. The molecule has 2 aromatic rings. The van der Waals surface area contributed by atoms with Crippen molar-refractivity contribution in [1.82, 2.24) is 9.62 Å². The van der Waals surface area contributed by atoms with Crippen LogP contribution in [0.25, 0.3) is 0 Å². The van der Waals surface area contributed by atoms with E-state index in [1.165, 1.54) is 4.31 Å². The molecule has 0 bridgehead atoms. The van der Waals surface area contributed by atoms with Gasteiger partial charge in [0.2, 0.25) is 5.91 Å². The Bertz CT molecular complexity index is 875. The van der Waals surface area contributed by atoms with Crippen LogP contribution in [0.1, 0.15) is 25.3 Å². The van der Waals surface area contributed by atoms with Crippen molar-refractivity contribution in [3.63, 3.8) is 0 Å². The lowest BCUT2D eigenvalue weighted by atomic mass is 9.85. The SMILES string of the molecule is C[C@H](C(=O)NCc1ccccc1)C1CCN(S(=O)(=O)c2ccc(Cl)s2)CC1. The fourth-order valence-electron chi connectivity index (χ4n) is 3.34. The molecule has 1 fully saturated rings. The number of halogens is 1. The largest absolute Gasteiger partial charge is 0.352 e. The molecule has 8 heteroatoms. The first-order valence-corrected chi connectivity index (χ1v) is 11.6. The molecule has 1 aromatic carbocycles. The average Bonchev–Trinajstić information content (AvgIpc) is 3.13. The Kier molecular flexibility index (Phi) is 6.57. The highest BCUT2D eigenvalue weighted by molar-refractivity contribution is 7.91. The summed E-state index contributed by atoms with van der Waals surface area (Å²) < 4.78 is 27.6. The van der Waals surface area contributed by atoms with Crippen molar-refractivity contribution in [3.05, 3.63) is 52.4 Å². The van der Waals surface area contributed by atoms with E-state index in [2.05, 4.69) is 5.32 Å². The fraction of sp³-hybridized carbons (Fsp3) is 0.421. The smallest absolute Gasteiger partial charge is 0.252 e. The van der Waals surface area contributed by atoms with E-state index in [-0.39, 0.29) is 22.0 Å². The molecule has 3 rings (SSSR count). The average molecular weight is 427 g/mol. The van der Waals surface area contributed by atoms with Crippen molar-refractivity contribution in [2.75, 3.05) is 13.1 Å². The van der Waals surface area contributed by atoms with Crippen molar-refractivity contribution < 1.29 is 13.2 Å². The van der Waals surface area contributed by atoms with Crippen molar-refractivity contribution in [2.45, 2.75) is 30.5 Å². The van der Waals surface area contributed by atoms with Crippen LogP contribution in [0, 0.1) is 11.8 Å². The maximum Gasteiger partial charge on any atom is 0.252 e. The van der Waals surface area contributed by atoms with Crippen LogP contribution in [-0.2, 0) is 21.4 Å². The Hall–Kier alpha value is -1.41. The van der Waals surface area contributed by atoms with E-state index in [0.29, 0.717) is 36.8 Å². The Morgan fingerprint density at radius 3 is 2.48 bits per heavy atom. The van der Waals surface area contributed by atoms with Crippen molar-refractivity contribution in [3.8, 4) is 0 Å². The molecule has 1 atom stereocenters. The summed E-state index contributed by atoms with van der Waals surface area (Å²) >= 11 is 6.95. The number of thiophene rings is 1.